The lowest BCUT2D eigenvalue weighted by atomic mass is 10.2. The third-order valence-corrected chi connectivity index (χ3v) is 3.12. The molecule has 0 unspecified atom stereocenters. The Morgan fingerprint density at radius 2 is 2.10 bits per heavy atom. The van der Waals surface area contributed by atoms with Crippen LogP contribution in [0.15, 0.2) is 30.3 Å². The molecule has 1 amide bonds. The average Bonchev–Trinajstić information content (AvgIpc) is 2.44. The Morgan fingerprint density at radius 1 is 1.38 bits per heavy atom. The number of rotatable bonds is 7. The van der Waals surface area contributed by atoms with Crippen LogP contribution in [0.4, 0.5) is 0 Å². The molecule has 21 heavy (non-hydrogen) atoms. The van der Waals surface area contributed by atoms with Crippen LogP contribution < -0.4 is 5.32 Å². The maximum Gasteiger partial charge on any atom is 0.331 e. The van der Waals surface area contributed by atoms with Crippen molar-refractivity contribution in [2.45, 2.75) is 32.7 Å². The second kappa shape index (κ2) is 9.19. The maximum atomic E-state index is 11.5. The predicted molar refractivity (Wildman–Crippen MR) is 84.0 cm³/mol. The third-order valence-electron chi connectivity index (χ3n) is 2.78. The zero-order valence-corrected chi connectivity index (χ0v) is 13.0. The van der Waals surface area contributed by atoms with Crippen LogP contribution in [0.5, 0.6) is 0 Å². The number of hydrogen-bond donors (Lipinski definition) is 1. The Hall–Kier alpha value is -1.81. The first-order chi connectivity index (χ1) is 10.0. The second-order valence-corrected chi connectivity index (χ2v) is 5.13. The van der Waals surface area contributed by atoms with E-state index in [1.807, 2.05) is 19.9 Å². The summed E-state index contributed by atoms with van der Waals surface area (Å²) in [6, 6.07) is 7.22. The fourth-order valence-electron chi connectivity index (χ4n) is 1.77. The zero-order chi connectivity index (χ0) is 15.7. The Labute approximate surface area is 130 Å². The van der Waals surface area contributed by atoms with Crippen molar-refractivity contribution in [3.8, 4) is 0 Å². The second-order valence-electron chi connectivity index (χ2n) is 4.72. The molecule has 5 heteroatoms. The van der Waals surface area contributed by atoms with E-state index in [1.54, 1.807) is 24.3 Å². The smallest absolute Gasteiger partial charge is 0.331 e. The van der Waals surface area contributed by atoms with Gasteiger partial charge in [0.1, 0.15) is 0 Å². The highest BCUT2D eigenvalue weighted by molar-refractivity contribution is 6.32. The molecule has 0 saturated heterocycles. The molecule has 1 N–H and O–H groups in total. The highest BCUT2D eigenvalue weighted by Crippen LogP contribution is 2.16. The minimum Gasteiger partial charge on any atom is -0.452 e. The van der Waals surface area contributed by atoms with Crippen molar-refractivity contribution in [2.24, 2.45) is 0 Å². The lowest BCUT2D eigenvalue weighted by Crippen LogP contribution is -2.35. The van der Waals surface area contributed by atoms with Crippen LogP contribution in [0.2, 0.25) is 5.02 Å². The molecule has 0 bridgehead atoms. The molecule has 114 valence electrons. The van der Waals surface area contributed by atoms with Gasteiger partial charge in [0, 0.05) is 17.1 Å². The molecule has 1 atom stereocenters. The van der Waals surface area contributed by atoms with Gasteiger partial charge in [0.2, 0.25) is 0 Å². The number of halogens is 1. The molecule has 4 nitrogen and oxygen atoms in total. The van der Waals surface area contributed by atoms with Crippen LogP contribution in [-0.2, 0) is 14.3 Å². The number of ether oxygens (including phenoxy) is 1. The van der Waals surface area contributed by atoms with Gasteiger partial charge < -0.3 is 10.1 Å². The van der Waals surface area contributed by atoms with Gasteiger partial charge in [0.15, 0.2) is 6.61 Å². The van der Waals surface area contributed by atoms with Crippen molar-refractivity contribution in [3.05, 3.63) is 40.9 Å². The molecule has 0 spiro atoms. The van der Waals surface area contributed by atoms with Crippen molar-refractivity contribution in [3.63, 3.8) is 0 Å². The minimum atomic E-state index is -0.576. The fourth-order valence-corrected chi connectivity index (χ4v) is 1.97. The number of nitrogens with one attached hydrogen (secondary N) is 1. The van der Waals surface area contributed by atoms with Gasteiger partial charge >= 0.3 is 5.97 Å². The number of benzene rings is 1. The molecule has 1 aromatic rings. The van der Waals surface area contributed by atoms with Crippen LogP contribution >= 0.6 is 11.6 Å². The summed E-state index contributed by atoms with van der Waals surface area (Å²) in [5, 5.41) is 3.31. The molecule has 0 aromatic heterocycles. The lowest BCUT2D eigenvalue weighted by molar-refractivity contribution is -0.144. The van der Waals surface area contributed by atoms with Gasteiger partial charge in [0.25, 0.3) is 5.91 Å². The van der Waals surface area contributed by atoms with Crippen molar-refractivity contribution < 1.29 is 14.3 Å². The van der Waals surface area contributed by atoms with E-state index in [2.05, 4.69) is 5.32 Å². The predicted octanol–water partition coefficient (Wildman–Crippen LogP) is 3.20. The number of carbonyl (C=O) groups is 2. The molecule has 0 fully saturated rings. The van der Waals surface area contributed by atoms with E-state index in [-0.39, 0.29) is 18.6 Å². The van der Waals surface area contributed by atoms with Crippen LogP contribution in [0.25, 0.3) is 6.08 Å². The van der Waals surface area contributed by atoms with Crippen molar-refractivity contribution in [1.82, 2.24) is 5.32 Å². The average molecular weight is 310 g/mol. The molecular formula is C16H20ClNO3. The van der Waals surface area contributed by atoms with Crippen molar-refractivity contribution in [2.75, 3.05) is 6.61 Å². The highest BCUT2D eigenvalue weighted by atomic mass is 35.5. The minimum absolute atomic E-state index is 0.0832. The van der Waals surface area contributed by atoms with Gasteiger partial charge in [-0.15, -0.1) is 0 Å². The third kappa shape index (κ3) is 6.95. The molecule has 0 aliphatic carbocycles. The fraction of sp³-hybridized carbons (Fsp3) is 0.375. The van der Waals surface area contributed by atoms with Gasteiger partial charge in [-0.2, -0.15) is 0 Å². The van der Waals surface area contributed by atoms with Crippen LogP contribution in [0, 0.1) is 0 Å². The normalized spacial score (nSPS) is 12.1. The number of esters is 1. The van der Waals surface area contributed by atoms with E-state index in [9.17, 15) is 9.59 Å². The van der Waals surface area contributed by atoms with E-state index in [0.717, 1.165) is 18.4 Å². The summed E-state index contributed by atoms with van der Waals surface area (Å²) in [5.74, 6) is -0.872. The summed E-state index contributed by atoms with van der Waals surface area (Å²) < 4.78 is 4.86. The SMILES string of the molecule is CCC[C@H](C)NC(=O)COC(=O)/C=C/c1ccccc1Cl. The van der Waals surface area contributed by atoms with Crippen LogP contribution in [-0.4, -0.2) is 24.5 Å². The van der Waals surface area contributed by atoms with E-state index in [1.165, 1.54) is 6.08 Å². The standard InChI is InChI=1S/C16H20ClNO3/c1-3-6-12(2)18-15(19)11-21-16(20)10-9-13-7-4-5-8-14(13)17/h4-5,7-10,12H,3,6,11H2,1-2H3,(H,18,19)/b10-9+/t12-/m0/s1. The van der Waals surface area contributed by atoms with E-state index >= 15 is 0 Å². The summed E-state index contributed by atoms with van der Waals surface area (Å²) in [4.78, 5) is 23.0. The molecule has 0 aliphatic rings. The summed E-state index contributed by atoms with van der Waals surface area (Å²) in [5.41, 5.74) is 0.720. The van der Waals surface area contributed by atoms with Crippen molar-refractivity contribution >= 4 is 29.6 Å². The summed E-state index contributed by atoms with van der Waals surface area (Å²) in [6.45, 7) is 3.68. The first kappa shape index (κ1) is 17.2. The quantitative estimate of drug-likeness (QED) is 0.621. The Morgan fingerprint density at radius 3 is 2.76 bits per heavy atom. The molecule has 0 radical (unpaired) electrons. The molecule has 1 aromatic carbocycles. The summed E-state index contributed by atoms with van der Waals surface area (Å²) >= 11 is 5.95. The first-order valence-corrected chi connectivity index (χ1v) is 7.29. The van der Waals surface area contributed by atoms with E-state index in [0.29, 0.717) is 5.02 Å². The Bertz CT molecular complexity index is 514. The lowest BCUT2D eigenvalue weighted by Gasteiger charge is -2.12. The Kier molecular flexibility index (Phi) is 7.54. The van der Waals surface area contributed by atoms with Crippen LogP contribution in [0.1, 0.15) is 32.3 Å². The Balaban J connectivity index is 2.37. The van der Waals surface area contributed by atoms with Gasteiger partial charge in [-0.1, -0.05) is 43.1 Å². The molecule has 0 heterocycles. The van der Waals surface area contributed by atoms with Crippen LogP contribution in [0.3, 0.4) is 0 Å². The molecule has 0 aliphatic heterocycles. The van der Waals surface area contributed by atoms with Gasteiger partial charge in [-0.25, -0.2) is 4.79 Å². The number of amides is 1. The van der Waals surface area contributed by atoms with E-state index < -0.39 is 5.97 Å². The molecular weight excluding hydrogens is 290 g/mol. The molecule has 1 rings (SSSR count). The van der Waals surface area contributed by atoms with Gasteiger partial charge in [0.05, 0.1) is 0 Å². The van der Waals surface area contributed by atoms with Gasteiger partial charge in [-0.3, -0.25) is 4.79 Å². The molecule has 0 saturated carbocycles. The number of carbonyl (C=O) groups excluding carboxylic acids is 2. The topological polar surface area (TPSA) is 55.4 Å². The van der Waals surface area contributed by atoms with E-state index in [4.69, 9.17) is 16.3 Å². The summed E-state index contributed by atoms with van der Waals surface area (Å²) in [7, 11) is 0. The van der Waals surface area contributed by atoms with Gasteiger partial charge in [-0.05, 0) is 31.1 Å². The zero-order valence-electron chi connectivity index (χ0n) is 12.3. The summed E-state index contributed by atoms with van der Waals surface area (Å²) in [6.07, 6.45) is 4.69. The first-order valence-electron chi connectivity index (χ1n) is 6.91. The highest BCUT2D eigenvalue weighted by Gasteiger charge is 2.08. The number of hydrogen-bond acceptors (Lipinski definition) is 3. The largest absolute Gasteiger partial charge is 0.452 e. The maximum absolute atomic E-state index is 11.5. The monoisotopic (exact) mass is 309 g/mol. The van der Waals surface area contributed by atoms with Crippen molar-refractivity contribution in [1.29, 1.82) is 0 Å².